The summed E-state index contributed by atoms with van der Waals surface area (Å²) in [4.78, 5) is 19.2. The molecule has 0 saturated carbocycles. The van der Waals surface area contributed by atoms with Crippen molar-refractivity contribution in [1.82, 2.24) is 15.2 Å². The molecule has 2 saturated heterocycles. The second-order valence-electron chi connectivity index (χ2n) is 6.81. The Morgan fingerprint density at radius 2 is 2.14 bits per heavy atom. The van der Waals surface area contributed by atoms with Crippen LogP contribution in [0.1, 0.15) is 30.8 Å². The number of aromatic nitrogens is 1. The van der Waals surface area contributed by atoms with Crippen LogP contribution in [0.25, 0.3) is 0 Å². The minimum absolute atomic E-state index is 0.00634. The van der Waals surface area contributed by atoms with Crippen LogP contribution >= 0.6 is 0 Å². The van der Waals surface area contributed by atoms with Gasteiger partial charge in [-0.25, -0.2) is 4.98 Å². The van der Waals surface area contributed by atoms with Crippen LogP contribution in [0, 0.1) is 5.92 Å². The molecule has 1 aromatic rings. The van der Waals surface area contributed by atoms with E-state index in [0.29, 0.717) is 36.3 Å². The van der Waals surface area contributed by atoms with E-state index in [0.717, 1.165) is 19.5 Å². The second-order valence-corrected chi connectivity index (χ2v) is 6.81. The summed E-state index contributed by atoms with van der Waals surface area (Å²) < 4.78 is 11.0. The number of nitrogens with zero attached hydrogens (tertiary/aromatic N) is 2. The van der Waals surface area contributed by atoms with Gasteiger partial charge < -0.3 is 14.8 Å². The van der Waals surface area contributed by atoms with E-state index in [1.54, 1.807) is 12.3 Å². The van der Waals surface area contributed by atoms with Crippen molar-refractivity contribution in [2.75, 3.05) is 26.3 Å². The van der Waals surface area contributed by atoms with E-state index in [-0.39, 0.29) is 17.5 Å². The molecule has 6 nitrogen and oxygen atoms in total. The van der Waals surface area contributed by atoms with Gasteiger partial charge in [0.15, 0.2) is 11.5 Å². The molecule has 3 atom stereocenters. The molecular weight excluding hydrogens is 282 g/mol. The lowest BCUT2D eigenvalue weighted by Gasteiger charge is -2.40. The summed E-state index contributed by atoms with van der Waals surface area (Å²) in [7, 11) is 0. The smallest absolute Gasteiger partial charge is 0.270 e. The van der Waals surface area contributed by atoms with Crippen LogP contribution in [0.2, 0.25) is 0 Å². The van der Waals surface area contributed by atoms with Crippen LogP contribution in [0.3, 0.4) is 0 Å². The number of fused-ring (bicyclic) bond motifs is 3. The van der Waals surface area contributed by atoms with E-state index in [9.17, 15) is 4.79 Å². The lowest BCUT2D eigenvalue weighted by atomic mass is 9.85. The van der Waals surface area contributed by atoms with Gasteiger partial charge in [0.1, 0.15) is 18.9 Å². The molecule has 2 fully saturated rings. The topological polar surface area (TPSA) is 63.7 Å². The lowest BCUT2D eigenvalue weighted by Crippen LogP contribution is -2.56. The molecule has 0 aliphatic carbocycles. The summed E-state index contributed by atoms with van der Waals surface area (Å²) in [5, 5.41) is 3.18. The lowest BCUT2D eigenvalue weighted by molar-refractivity contribution is 0.0829. The zero-order valence-electron chi connectivity index (χ0n) is 13.0. The molecule has 3 aliphatic heterocycles. The van der Waals surface area contributed by atoms with Crippen LogP contribution < -0.4 is 14.8 Å². The highest BCUT2D eigenvalue weighted by Crippen LogP contribution is 2.40. The standard InChI is InChI=1S/C16H21N3O3/c1-16(2)14(10-3-4-19(16)9-10)18-15(20)11-7-12-13(8-17-11)22-6-5-21-12/h7-8,10,14H,3-6,9H2,1-2H3,(H,18,20)/t10?,14-/m1/s1. The van der Waals surface area contributed by atoms with Crippen molar-refractivity contribution in [3.05, 3.63) is 18.0 Å². The third-order valence-electron chi connectivity index (χ3n) is 5.22. The van der Waals surface area contributed by atoms with Crippen LogP contribution in [-0.2, 0) is 0 Å². The number of pyridine rings is 1. The monoisotopic (exact) mass is 303 g/mol. The molecule has 4 rings (SSSR count). The Labute approximate surface area is 129 Å². The van der Waals surface area contributed by atoms with Crippen molar-refractivity contribution < 1.29 is 14.3 Å². The number of nitrogens with one attached hydrogen (secondary N) is 1. The molecule has 22 heavy (non-hydrogen) atoms. The average Bonchev–Trinajstić information content (AvgIpc) is 3.09. The number of carbonyl (C=O) groups excluding carboxylic acids is 1. The minimum Gasteiger partial charge on any atom is -0.486 e. The van der Waals surface area contributed by atoms with E-state index in [1.807, 2.05) is 0 Å². The molecule has 0 spiro atoms. The Morgan fingerprint density at radius 3 is 2.86 bits per heavy atom. The molecule has 2 unspecified atom stereocenters. The van der Waals surface area contributed by atoms with Crippen molar-refractivity contribution in [2.45, 2.75) is 31.8 Å². The summed E-state index contributed by atoms with van der Waals surface area (Å²) in [5.41, 5.74) is 0.393. The number of rotatable bonds is 2. The first-order valence-corrected chi connectivity index (χ1v) is 7.87. The molecule has 118 valence electrons. The zero-order valence-corrected chi connectivity index (χ0v) is 13.0. The first-order valence-electron chi connectivity index (χ1n) is 7.87. The second kappa shape index (κ2) is 4.84. The van der Waals surface area contributed by atoms with E-state index in [4.69, 9.17) is 9.47 Å². The highest BCUT2D eigenvalue weighted by Gasteiger charge is 2.51. The number of hydrogen-bond donors (Lipinski definition) is 1. The van der Waals surface area contributed by atoms with Crippen LogP contribution in [0.4, 0.5) is 0 Å². The molecule has 4 heterocycles. The van der Waals surface area contributed by atoms with Crippen LogP contribution in [-0.4, -0.2) is 53.7 Å². The van der Waals surface area contributed by atoms with Crippen molar-refractivity contribution in [1.29, 1.82) is 0 Å². The Hall–Kier alpha value is -1.82. The van der Waals surface area contributed by atoms with Gasteiger partial charge in [-0.15, -0.1) is 0 Å². The SMILES string of the molecule is CC1(C)[C@H](NC(=O)c2cc3c(cn2)OCCO3)C2CCN1C2. The third kappa shape index (κ3) is 2.05. The van der Waals surface area contributed by atoms with Crippen molar-refractivity contribution >= 4 is 5.91 Å². The summed E-state index contributed by atoms with van der Waals surface area (Å²) in [5.74, 6) is 1.61. The van der Waals surface area contributed by atoms with Crippen molar-refractivity contribution in [3.63, 3.8) is 0 Å². The van der Waals surface area contributed by atoms with Gasteiger partial charge in [0.25, 0.3) is 5.91 Å². The Balaban J connectivity index is 1.53. The normalized spacial score (nSPS) is 31.1. The van der Waals surface area contributed by atoms with Gasteiger partial charge in [-0.3, -0.25) is 9.69 Å². The fraction of sp³-hybridized carbons (Fsp3) is 0.625. The fourth-order valence-corrected chi connectivity index (χ4v) is 3.94. The molecule has 6 heteroatoms. The fourth-order valence-electron chi connectivity index (χ4n) is 3.94. The van der Waals surface area contributed by atoms with Gasteiger partial charge in [0.05, 0.1) is 12.2 Å². The molecule has 1 N–H and O–H groups in total. The predicted octanol–water partition coefficient (Wildman–Crippen LogP) is 1.07. The maximum atomic E-state index is 12.6. The number of hydrogen-bond acceptors (Lipinski definition) is 5. The largest absolute Gasteiger partial charge is 0.486 e. The third-order valence-corrected chi connectivity index (χ3v) is 5.22. The molecule has 3 aliphatic rings. The van der Waals surface area contributed by atoms with Crippen LogP contribution in [0.15, 0.2) is 12.3 Å². The number of amides is 1. The quantitative estimate of drug-likeness (QED) is 0.885. The number of carbonyl (C=O) groups is 1. The average molecular weight is 303 g/mol. The van der Waals surface area contributed by atoms with Gasteiger partial charge in [0, 0.05) is 18.2 Å². The zero-order chi connectivity index (χ0) is 15.3. The summed E-state index contributed by atoms with van der Waals surface area (Å²) in [6.45, 7) is 7.64. The van der Waals surface area contributed by atoms with Gasteiger partial charge in [-0.05, 0) is 32.7 Å². The van der Waals surface area contributed by atoms with E-state index < -0.39 is 0 Å². The molecule has 1 amide bonds. The van der Waals surface area contributed by atoms with Gasteiger partial charge in [-0.1, -0.05) is 0 Å². The van der Waals surface area contributed by atoms with E-state index >= 15 is 0 Å². The maximum absolute atomic E-state index is 12.6. The summed E-state index contributed by atoms with van der Waals surface area (Å²) in [6.07, 6.45) is 2.72. The Kier molecular flexibility index (Phi) is 3.04. The summed E-state index contributed by atoms with van der Waals surface area (Å²) in [6, 6.07) is 1.84. The highest BCUT2D eigenvalue weighted by molar-refractivity contribution is 5.93. The highest BCUT2D eigenvalue weighted by atomic mass is 16.6. The van der Waals surface area contributed by atoms with E-state index in [1.165, 1.54) is 0 Å². The van der Waals surface area contributed by atoms with E-state index in [2.05, 4.69) is 29.0 Å². The molecule has 0 radical (unpaired) electrons. The molecule has 2 bridgehead atoms. The first-order chi connectivity index (χ1) is 10.6. The van der Waals surface area contributed by atoms with Crippen molar-refractivity contribution in [3.8, 4) is 11.5 Å². The number of ether oxygens (including phenoxy) is 2. The first kappa shape index (κ1) is 13.8. The number of piperidine rings is 1. The Bertz CT molecular complexity index is 617. The summed E-state index contributed by atoms with van der Waals surface area (Å²) >= 11 is 0. The van der Waals surface area contributed by atoms with Gasteiger partial charge >= 0.3 is 0 Å². The molecule has 0 aromatic carbocycles. The minimum atomic E-state index is -0.135. The maximum Gasteiger partial charge on any atom is 0.270 e. The van der Waals surface area contributed by atoms with Gasteiger partial charge in [-0.2, -0.15) is 0 Å². The van der Waals surface area contributed by atoms with Gasteiger partial charge in [0.2, 0.25) is 0 Å². The molecule has 1 aromatic heterocycles. The predicted molar refractivity (Wildman–Crippen MR) is 80.2 cm³/mol. The molecular formula is C16H21N3O3. The van der Waals surface area contributed by atoms with Crippen LogP contribution in [0.5, 0.6) is 11.5 Å². The van der Waals surface area contributed by atoms with Crippen molar-refractivity contribution in [2.24, 2.45) is 5.92 Å². The Morgan fingerprint density at radius 1 is 1.36 bits per heavy atom.